The summed E-state index contributed by atoms with van der Waals surface area (Å²) in [5.41, 5.74) is 0. The quantitative estimate of drug-likeness (QED) is 0.756. The van der Waals surface area contributed by atoms with Crippen molar-refractivity contribution in [3.63, 3.8) is 0 Å². The largest absolute Gasteiger partial charge is 0.481 e. The first-order chi connectivity index (χ1) is 9.93. The van der Waals surface area contributed by atoms with E-state index in [0.29, 0.717) is 19.6 Å². The van der Waals surface area contributed by atoms with Crippen molar-refractivity contribution in [1.82, 2.24) is 9.80 Å². The molecule has 2 aliphatic heterocycles. The van der Waals surface area contributed by atoms with Crippen LogP contribution < -0.4 is 0 Å². The number of carbonyl (C=O) groups is 3. The summed E-state index contributed by atoms with van der Waals surface area (Å²) >= 11 is 0. The van der Waals surface area contributed by atoms with Gasteiger partial charge in [-0.1, -0.05) is 6.92 Å². The molecule has 0 aromatic carbocycles. The molecule has 3 atom stereocenters. The number of likely N-dealkylation sites (tertiary alicyclic amines) is 2. The van der Waals surface area contributed by atoms with Crippen LogP contribution in [0.3, 0.4) is 0 Å². The summed E-state index contributed by atoms with van der Waals surface area (Å²) in [4.78, 5) is 38.4. The van der Waals surface area contributed by atoms with Crippen LogP contribution in [0.5, 0.6) is 0 Å². The number of aliphatic carboxylic acids is 1. The Labute approximate surface area is 123 Å². The van der Waals surface area contributed by atoms with E-state index >= 15 is 0 Å². The van der Waals surface area contributed by atoms with E-state index in [1.165, 1.54) is 7.11 Å². The fourth-order valence-corrected chi connectivity index (χ4v) is 3.15. The molecule has 2 amide bonds. The lowest BCUT2D eigenvalue weighted by atomic mass is 9.98. The van der Waals surface area contributed by atoms with E-state index in [1.54, 1.807) is 9.80 Å². The third-order valence-electron chi connectivity index (χ3n) is 4.43. The van der Waals surface area contributed by atoms with Gasteiger partial charge in [-0.2, -0.15) is 0 Å². The number of amides is 2. The first kappa shape index (κ1) is 15.6. The molecule has 2 rings (SSSR count). The van der Waals surface area contributed by atoms with Crippen molar-refractivity contribution >= 4 is 18.0 Å². The maximum Gasteiger partial charge on any atom is 0.320 e. The highest BCUT2D eigenvalue weighted by Gasteiger charge is 2.39. The third-order valence-corrected chi connectivity index (χ3v) is 4.43. The second-order valence-electron chi connectivity index (χ2n) is 5.92. The summed E-state index contributed by atoms with van der Waals surface area (Å²) < 4.78 is 4.74. The maximum absolute atomic E-state index is 12.5. The summed E-state index contributed by atoms with van der Waals surface area (Å²) in [5, 5.41) is 9.13. The van der Waals surface area contributed by atoms with Gasteiger partial charge < -0.3 is 19.6 Å². The number of urea groups is 1. The highest BCUT2D eigenvalue weighted by molar-refractivity contribution is 5.79. The van der Waals surface area contributed by atoms with Crippen LogP contribution in [-0.2, 0) is 14.3 Å². The molecule has 2 heterocycles. The third kappa shape index (κ3) is 3.28. The fourth-order valence-electron chi connectivity index (χ4n) is 3.15. The molecule has 0 aromatic rings. The Bertz CT molecular complexity index is 439. The lowest BCUT2D eigenvalue weighted by molar-refractivity contribution is -0.147. The zero-order valence-corrected chi connectivity index (χ0v) is 12.4. The molecule has 21 heavy (non-hydrogen) atoms. The van der Waals surface area contributed by atoms with Crippen LogP contribution in [0, 0.1) is 17.8 Å². The predicted octanol–water partition coefficient (Wildman–Crippen LogP) is 0.644. The molecule has 2 aliphatic rings. The van der Waals surface area contributed by atoms with Crippen LogP contribution in [-0.4, -0.2) is 66.2 Å². The zero-order chi connectivity index (χ0) is 15.6. The molecule has 0 bridgehead atoms. The van der Waals surface area contributed by atoms with Crippen LogP contribution >= 0.6 is 0 Å². The molecule has 0 aliphatic carbocycles. The number of piperidine rings is 1. The van der Waals surface area contributed by atoms with Gasteiger partial charge in [0, 0.05) is 26.2 Å². The van der Waals surface area contributed by atoms with Crippen molar-refractivity contribution in [3.8, 4) is 0 Å². The van der Waals surface area contributed by atoms with Gasteiger partial charge in [-0.15, -0.1) is 0 Å². The van der Waals surface area contributed by atoms with Gasteiger partial charge in [-0.05, 0) is 18.8 Å². The highest BCUT2D eigenvalue weighted by atomic mass is 16.5. The molecule has 3 unspecified atom stereocenters. The van der Waals surface area contributed by atoms with Gasteiger partial charge in [0.05, 0.1) is 18.9 Å². The van der Waals surface area contributed by atoms with Crippen LogP contribution in [0.25, 0.3) is 0 Å². The minimum Gasteiger partial charge on any atom is -0.481 e. The molecule has 1 N–H and O–H groups in total. The summed E-state index contributed by atoms with van der Waals surface area (Å²) in [7, 11) is 1.35. The van der Waals surface area contributed by atoms with Crippen LogP contribution in [0.15, 0.2) is 0 Å². The standard InChI is InChI=1S/C14H22N2O5/c1-9-6-16(8-11(9)12(17)18)14(20)15-5-3-4-10(7-15)13(19)21-2/h9-11H,3-8H2,1-2H3,(H,17,18). The molecule has 7 heteroatoms. The molecule has 118 valence electrons. The molecule has 2 fully saturated rings. The lowest BCUT2D eigenvalue weighted by Gasteiger charge is -2.34. The van der Waals surface area contributed by atoms with E-state index in [9.17, 15) is 14.4 Å². The van der Waals surface area contributed by atoms with Crippen LogP contribution in [0.2, 0.25) is 0 Å². The molecular formula is C14H22N2O5. The minimum absolute atomic E-state index is 0.0485. The highest BCUT2D eigenvalue weighted by Crippen LogP contribution is 2.26. The van der Waals surface area contributed by atoms with Crippen molar-refractivity contribution in [2.75, 3.05) is 33.3 Å². The smallest absolute Gasteiger partial charge is 0.320 e. The Morgan fingerprint density at radius 3 is 2.43 bits per heavy atom. The molecule has 7 nitrogen and oxygen atoms in total. The number of rotatable bonds is 2. The summed E-state index contributed by atoms with van der Waals surface area (Å²) in [6, 6.07) is -0.167. The number of methoxy groups -OCH3 is 1. The monoisotopic (exact) mass is 298 g/mol. The number of carboxylic acids is 1. The number of esters is 1. The van der Waals surface area contributed by atoms with Gasteiger partial charge >= 0.3 is 18.0 Å². The number of hydrogen-bond acceptors (Lipinski definition) is 4. The topological polar surface area (TPSA) is 87.2 Å². The Morgan fingerprint density at radius 1 is 1.14 bits per heavy atom. The maximum atomic E-state index is 12.5. The van der Waals surface area contributed by atoms with Gasteiger partial charge in [-0.25, -0.2) is 4.79 Å². The Morgan fingerprint density at radius 2 is 1.86 bits per heavy atom. The summed E-state index contributed by atoms with van der Waals surface area (Å²) in [6.07, 6.45) is 1.49. The van der Waals surface area contributed by atoms with Crippen molar-refractivity contribution in [2.45, 2.75) is 19.8 Å². The zero-order valence-electron chi connectivity index (χ0n) is 12.4. The van der Waals surface area contributed by atoms with Gasteiger partial charge in [0.1, 0.15) is 0 Å². The molecule has 0 radical (unpaired) electrons. The normalized spacial score (nSPS) is 29.3. The van der Waals surface area contributed by atoms with Gasteiger partial charge in [-0.3, -0.25) is 9.59 Å². The summed E-state index contributed by atoms with van der Waals surface area (Å²) in [5.74, 6) is -1.97. The van der Waals surface area contributed by atoms with E-state index in [-0.39, 0.29) is 30.4 Å². The average molecular weight is 298 g/mol. The van der Waals surface area contributed by atoms with E-state index in [2.05, 4.69) is 0 Å². The van der Waals surface area contributed by atoms with Crippen LogP contribution in [0.4, 0.5) is 4.79 Å². The molecule has 0 aromatic heterocycles. The Hall–Kier alpha value is -1.79. The number of carbonyl (C=O) groups excluding carboxylic acids is 2. The molecular weight excluding hydrogens is 276 g/mol. The van der Waals surface area contributed by atoms with Crippen molar-refractivity contribution in [1.29, 1.82) is 0 Å². The van der Waals surface area contributed by atoms with Gasteiger partial charge in [0.2, 0.25) is 0 Å². The average Bonchev–Trinajstić information content (AvgIpc) is 2.88. The Kier molecular flexibility index (Phi) is 4.69. The van der Waals surface area contributed by atoms with Crippen molar-refractivity contribution < 1.29 is 24.2 Å². The van der Waals surface area contributed by atoms with E-state index in [4.69, 9.17) is 9.84 Å². The van der Waals surface area contributed by atoms with Crippen molar-refractivity contribution in [3.05, 3.63) is 0 Å². The Balaban J connectivity index is 1.97. The second kappa shape index (κ2) is 6.32. The SMILES string of the molecule is COC(=O)C1CCCN(C(=O)N2CC(C)C(C(=O)O)C2)C1. The number of ether oxygens (including phenoxy) is 1. The van der Waals surface area contributed by atoms with Crippen molar-refractivity contribution in [2.24, 2.45) is 17.8 Å². The van der Waals surface area contributed by atoms with E-state index in [1.807, 2.05) is 6.92 Å². The predicted molar refractivity (Wildman–Crippen MR) is 73.6 cm³/mol. The van der Waals surface area contributed by atoms with Gasteiger partial charge in [0.25, 0.3) is 0 Å². The number of hydrogen-bond donors (Lipinski definition) is 1. The first-order valence-electron chi connectivity index (χ1n) is 7.28. The lowest BCUT2D eigenvalue weighted by Crippen LogP contribution is -2.48. The second-order valence-corrected chi connectivity index (χ2v) is 5.92. The molecule has 0 spiro atoms. The number of nitrogens with zero attached hydrogens (tertiary/aromatic N) is 2. The van der Waals surface area contributed by atoms with Crippen LogP contribution in [0.1, 0.15) is 19.8 Å². The summed E-state index contributed by atoms with van der Waals surface area (Å²) in [6.45, 7) is 3.51. The fraction of sp³-hybridized carbons (Fsp3) is 0.786. The molecule has 2 saturated heterocycles. The number of carboxylic acid groups (broad SMARTS) is 1. The van der Waals surface area contributed by atoms with E-state index < -0.39 is 11.9 Å². The van der Waals surface area contributed by atoms with Gasteiger partial charge in [0.15, 0.2) is 0 Å². The molecule has 0 saturated carbocycles. The minimum atomic E-state index is -0.858. The van der Waals surface area contributed by atoms with E-state index in [0.717, 1.165) is 12.8 Å². The first-order valence-corrected chi connectivity index (χ1v) is 7.28.